The molecule has 0 spiro atoms. The van der Waals surface area contributed by atoms with Gasteiger partial charge in [0.2, 0.25) is 0 Å². The summed E-state index contributed by atoms with van der Waals surface area (Å²) in [5, 5.41) is 8.91. The molecule has 0 amide bonds. The summed E-state index contributed by atoms with van der Waals surface area (Å²) in [6.45, 7) is 3.63. The highest BCUT2D eigenvalue weighted by Crippen LogP contribution is 2.26. The first-order valence-corrected chi connectivity index (χ1v) is 6.80. The molecular weight excluding hydrogens is 318 g/mol. The number of aryl methyl sites for hydroxylation is 2. The van der Waals surface area contributed by atoms with Crippen molar-refractivity contribution in [3.8, 4) is 11.8 Å². The van der Waals surface area contributed by atoms with Crippen LogP contribution < -0.4 is 4.74 Å². The predicted molar refractivity (Wildman–Crippen MR) is 79.7 cm³/mol. The molecule has 0 fully saturated rings. The van der Waals surface area contributed by atoms with E-state index < -0.39 is 5.97 Å². The lowest BCUT2D eigenvalue weighted by Gasteiger charge is -2.11. The summed E-state index contributed by atoms with van der Waals surface area (Å²) >= 11 is 3.33. The number of nitrogens with zero attached hydrogens (tertiary/aromatic N) is 1. The van der Waals surface area contributed by atoms with Crippen molar-refractivity contribution < 1.29 is 9.53 Å². The van der Waals surface area contributed by atoms with E-state index in [9.17, 15) is 4.79 Å². The summed E-state index contributed by atoms with van der Waals surface area (Å²) < 4.78 is 6.15. The van der Waals surface area contributed by atoms with Gasteiger partial charge in [-0.2, -0.15) is 5.26 Å². The Morgan fingerprint density at radius 3 is 2.35 bits per heavy atom. The lowest BCUT2D eigenvalue weighted by atomic mass is 10.1. The number of carbonyl (C=O) groups excluding carboxylic acids is 1. The van der Waals surface area contributed by atoms with Gasteiger partial charge in [0.05, 0.1) is 17.2 Å². The summed E-state index contributed by atoms with van der Waals surface area (Å²) in [7, 11) is 0. The monoisotopic (exact) mass is 329 g/mol. The summed E-state index contributed by atoms with van der Waals surface area (Å²) in [6, 6.07) is 12.6. The van der Waals surface area contributed by atoms with E-state index >= 15 is 0 Å². The minimum Gasteiger partial charge on any atom is -0.422 e. The third-order valence-corrected chi connectivity index (χ3v) is 3.57. The van der Waals surface area contributed by atoms with Gasteiger partial charge in [-0.3, -0.25) is 0 Å². The van der Waals surface area contributed by atoms with Crippen LogP contribution in [0, 0.1) is 25.2 Å². The molecular formula is C16H12BrNO2. The molecule has 2 aromatic rings. The van der Waals surface area contributed by atoms with Crippen LogP contribution >= 0.6 is 15.9 Å². The molecule has 0 radical (unpaired) electrons. The average Bonchev–Trinajstić information content (AvgIpc) is 2.42. The van der Waals surface area contributed by atoms with Crippen LogP contribution in [-0.2, 0) is 0 Å². The molecule has 100 valence electrons. The third-order valence-electron chi connectivity index (χ3n) is 2.88. The molecule has 2 rings (SSSR count). The minimum absolute atomic E-state index is 0.423. The van der Waals surface area contributed by atoms with Gasteiger partial charge in [-0.05, 0) is 65.2 Å². The topological polar surface area (TPSA) is 50.1 Å². The van der Waals surface area contributed by atoms with Gasteiger partial charge in [0.15, 0.2) is 0 Å². The molecule has 0 N–H and O–H groups in total. The molecule has 0 saturated heterocycles. The molecule has 20 heavy (non-hydrogen) atoms. The van der Waals surface area contributed by atoms with E-state index in [0.717, 1.165) is 11.1 Å². The van der Waals surface area contributed by atoms with Gasteiger partial charge in [-0.25, -0.2) is 4.79 Å². The fourth-order valence-corrected chi connectivity index (χ4v) is 2.40. The number of hydrogen-bond acceptors (Lipinski definition) is 3. The number of carbonyl (C=O) groups is 1. The Kier molecular flexibility index (Phi) is 4.21. The van der Waals surface area contributed by atoms with E-state index in [1.165, 1.54) is 0 Å². The maximum absolute atomic E-state index is 12.2. The number of esters is 1. The van der Waals surface area contributed by atoms with Crippen LogP contribution in [0.4, 0.5) is 0 Å². The summed E-state index contributed by atoms with van der Waals surface area (Å²) in [5.74, 6) is 0.0816. The molecule has 0 atom stereocenters. The second kappa shape index (κ2) is 5.89. The molecule has 2 aromatic carbocycles. The van der Waals surface area contributed by atoms with Crippen LogP contribution in [0.3, 0.4) is 0 Å². The molecule has 4 heteroatoms. The van der Waals surface area contributed by atoms with E-state index in [-0.39, 0.29) is 0 Å². The first kappa shape index (κ1) is 14.3. The molecule has 3 nitrogen and oxygen atoms in total. The second-order valence-corrected chi connectivity index (χ2v) is 5.27. The second-order valence-electron chi connectivity index (χ2n) is 4.42. The summed E-state index contributed by atoms with van der Waals surface area (Å²) in [4.78, 5) is 12.2. The Labute approximate surface area is 125 Å². The Morgan fingerprint density at radius 2 is 1.80 bits per heavy atom. The molecule has 0 aliphatic carbocycles. The van der Waals surface area contributed by atoms with Gasteiger partial charge in [0, 0.05) is 4.47 Å². The van der Waals surface area contributed by atoms with Gasteiger partial charge in [-0.15, -0.1) is 0 Å². The van der Waals surface area contributed by atoms with Crippen LogP contribution in [0.5, 0.6) is 5.75 Å². The molecule has 0 unspecified atom stereocenters. The molecule has 0 aromatic heterocycles. The maximum atomic E-state index is 12.2. The van der Waals surface area contributed by atoms with Crippen molar-refractivity contribution in [2.24, 2.45) is 0 Å². The first-order valence-electron chi connectivity index (χ1n) is 6.01. The van der Waals surface area contributed by atoms with Crippen molar-refractivity contribution >= 4 is 21.9 Å². The van der Waals surface area contributed by atoms with Crippen LogP contribution in [0.25, 0.3) is 0 Å². The van der Waals surface area contributed by atoms with E-state index in [1.54, 1.807) is 30.3 Å². The SMILES string of the molecule is Cc1cc(C#N)cc(C)c1OC(=O)c1ccccc1Br. The van der Waals surface area contributed by atoms with Crippen molar-refractivity contribution in [3.05, 3.63) is 63.1 Å². The molecule has 0 aliphatic rings. The third kappa shape index (κ3) is 2.89. The number of benzene rings is 2. The van der Waals surface area contributed by atoms with E-state index in [4.69, 9.17) is 10.00 Å². The molecule has 0 bridgehead atoms. The van der Waals surface area contributed by atoms with Gasteiger partial charge >= 0.3 is 5.97 Å². The normalized spacial score (nSPS) is 9.90. The number of halogens is 1. The minimum atomic E-state index is -0.423. The highest BCUT2D eigenvalue weighted by Gasteiger charge is 2.15. The zero-order valence-electron chi connectivity index (χ0n) is 11.1. The maximum Gasteiger partial charge on any atom is 0.344 e. The van der Waals surface area contributed by atoms with Crippen LogP contribution in [0.1, 0.15) is 27.0 Å². The van der Waals surface area contributed by atoms with E-state index in [0.29, 0.717) is 21.3 Å². The Bertz CT molecular complexity index is 694. The fraction of sp³-hybridized carbons (Fsp3) is 0.125. The van der Waals surface area contributed by atoms with Crippen molar-refractivity contribution in [3.63, 3.8) is 0 Å². The highest BCUT2D eigenvalue weighted by atomic mass is 79.9. The van der Waals surface area contributed by atoms with Gasteiger partial charge in [0.1, 0.15) is 5.75 Å². The van der Waals surface area contributed by atoms with Crippen LogP contribution in [-0.4, -0.2) is 5.97 Å². The van der Waals surface area contributed by atoms with Gasteiger partial charge in [0.25, 0.3) is 0 Å². The molecule has 0 aliphatic heterocycles. The quantitative estimate of drug-likeness (QED) is 0.614. The number of hydrogen-bond donors (Lipinski definition) is 0. The number of ether oxygens (including phenoxy) is 1. The zero-order chi connectivity index (χ0) is 14.7. The lowest BCUT2D eigenvalue weighted by molar-refractivity contribution is 0.0731. The van der Waals surface area contributed by atoms with Crippen LogP contribution in [0.2, 0.25) is 0 Å². The molecule has 0 saturated carbocycles. The van der Waals surface area contributed by atoms with E-state index in [1.807, 2.05) is 19.9 Å². The standard InChI is InChI=1S/C16H12BrNO2/c1-10-7-12(9-18)8-11(2)15(10)20-16(19)13-5-3-4-6-14(13)17/h3-8H,1-2H3. The van der Waals surface area contributed by atoms with Crippen molar-refractivity contribution in [1.82, 2.24) is 0 Å². The fourth-order valence-electron chi connectivity index (χ4n) is 1.95. The molecule has 0 heterocycles. The average molecular weight is 330 g/mol. The van der Waals surface area contributed by atoms with Crippen molar-refractivity contribution in [1.29, 1.82) is 5.26 Å². The number of nitriles is 1. The van der Waals surface area contributed by atoms with Crippen molar-refractivity contribution in [2.45, 2.75) is 13.8 Å². The highest BCUT2D eigenvalue weighted by molar-refractivity contribution is 9.10. The van der Waals surface area contributed by atoms with Gasteiger partial charge in [-0.1, -0.05) is 12.1 Å². The predicted octanol–water partition coefficient (Wildman–Crippen LogP) is 4.16. The Morgan fingerprint density at radius 1 is 1.20 bits per heavy atom. The van der Waals surface area contributed by atoms with Crippen molar-refractivity contribution in [2.75, 3.05) is 0 Å². The van der Waals surface area contributed by atoms with Gasteiger partial charge < -0.3 is 4.74 Å². The summed E-state index contributed by atoms with van der Waals surface area (Å²) in [6.07, 6.45) is 0. The summed E-state index contributed by atoms with van der Waals surface area (Å²) in [5.41, 5.74) is 2.56. The smallest absolute Gasteiger partial charge is 0.344 e. The van der Waals surface area contributed by atoms with Crippen LogP contribution in [0.15, 0.2) is 40.9 Å². The Balaban J connectivity index is 2.34. The Hall–Kier alpha value is -2.12. The van der Waals surface area contributed by atoms with E-state index in [2.05, 4.69) is 22.0 Å². The lowest BCUT2D eigenvalue weighted by Crippen LogP contribution is -2.11. The largest absolute Gasteiger partial charge is 0.422 e. The number of rotatable bonds is 2. The zero-order valence-corrected chi connectivity index (χ0v) is 12.7. The first-order chi connectivity index (χ1) is 9.52.